The van der Waals surface area contributed by atoms with Gasteiger partial charge in [-0.1, -0.05) is 19.1 Å². The quantitative estimate of drug-likeness (QED) is 0.894. The summed E-state index contributed by atoms with van der Waals surface area (Å²) in [5.41, 5.74) is 1.79. The first-order valence-corrected chi connectivity index (χ1v) is 7.24. The van der Waals surface area contributed by atoms with Crippen molar-refractivity contribution in [1.82, 2.24) is 10.2 Å². The summed E-state index contributed by atoms with van der Waals surface area (Å²) in [6.07, 6.45) is 3.15. The molecule has 1 aliphatic heterocycles. The first-order valence-electron chi connectivity index (χ1n) is 7.24. The Labute approximate surface area is 120 Å². The molecule has 0 saturated carbocycles. The number of carbonyl (C=O) groups excluding carboxylic acids is 1. The Kier molecular flexibility index (Phi) is 5.14. The summed E-state index contributed by atoms with van der Waals surface area (Å²) in [7, 11) is 0. The van der Waals surface area contributed by atoms with Gasteiger partial charge >= 0.3 is 0 Å². The first kappa shape index (κ1) is 14.5. The number of hydrogen-bond acceptors (Lipinski definition) is 3. The average Bonchev–Trinajstić information content (AvgIpc) is 2.97. The van der Waals surface area contributed by atoms with Crippen LogP contribution >= 0.6 is 0 Å². The molecule has 2 rings (SSSR count). The minimum Gasteiger partial charge on any atom is -0.336 e. The van der Waals surface area contributed by atoms with Crippen LogP contribution in [0.3, 0.4) is 0 Å². The Balaban J connectivity index is 2.01. The summed E-state index contributed by atoms with van der Waals surface area (Å²) >= 11 is 0. The molecule has 1 amide bonds. The fourth-order valence-electron chi connectivity index (χ4n) is 2.48. The van der Waals surface area contributed by atoms with Gasteiger partial charge in [0, 0.05) is 12.1 Å². The maximum absolute atomic E-state index is 12.1. The van der Waals surface area contributed by atoms with Crippen molar-refractivity contribution in [2.24, 2.45) is 0 Å². The van der Waals surface area contributed by atoms with E-state index in [1.54, 1.807) is 6.07 Å². The van der Waals surface area contributed by atoms with E-state index in [1.807, 2.05) is 19.1 Å². The largest absolute Gasteiger partial charge is 0.336 e. The van der Waals surface area contributed by atoms with E-state index in [0.717, 1.165) is 25.2 Å². The summed E-state index contributed by atoms with van der Waals surface area (Å²) < 4.78 is 0. The zero-order valence-corrected chi connectivity index (χ0v) is 11.9. The van der Waals surface area contributed by atoms with Crippen LogP contribution in [0.5, 0.6) is 0 Å². The van der Waals surface area contributed by atoms with Crippen LogP contribution in [0.4, 0.5) is 0 Å². The number of carbonyl (C=O) groups is 1. The van der Waals surface area contributed by atoms with Crippen molar-refractivity contribution in [3.63, 3.8) is 0 Å². The molecule has 1 heterocycles. The summed E-state index contributed by atoms with van der Waals surface area (Å²) in [6, 6.07) is 9.36. The van der Waals surface area contributed by atoms with Crippen molar-refractivity contribution in [1.29, 1.82) is 5.26 Å². The highest BCUT2D eigenvalue weighted by molar-refractivity contribution is 5.94. The van der Waals surface area contributed by atoms with Gasteiger partial charge in [-0.25, -0.2) is 0 Å². The number of hydrogen-bond donors (Lipinski definition) is 1. The van der Waals surface area contributed by atoms with Crippen LogP contribution in [0.2, 0.25) is 0 Å². The highest BCUT2D eigenvalue weighted by Crippen LogP contribution is 2.14. The van der Waals surface area contributed by atoms with E-state index in [9.17, 15) is 4.79 Å². The molecule has 106 valence electrons. The van der Waals surface area contributed by atoms with Gasteiger partial charge in [-0.15, -0.1) is 0 Å². The predicted molar refractivity (Wildman–Crippen MR) is 78.1 cm³/mol. The van der Waals surface area contributed by atoms with Gasteiger partial charge in [0.2, 0.25) is 0 Å². The molecular formula is C16H21N3O. The molecule has 1 aliphatic rings. The van der Waals surface area contributed by atoms with E-state index < -0.39 is 6.04 Å². The van der Waals surface area contributed by atoms with Gasteiger partial charge < -0.3 is 5.32 Å². The lowest BCUT2D eigenvalue weighted by Crippen LogP contribution is -2.33. The zero-order valence-electron chi connectivity index (χ0n) is 11.9. The molecule has 0 aliphatic carbocycles. The maximum Gasteiger partial charge on any atom is 0.252 e. The molecule has 4 heteroatoms. The van der Waals surface area contributed by atoms with Gasteiger partial charge in [0.15, 0.2) is 0 Å². The molecule has 1 atom stereocenters. The topological polar surface area (TPSA) is 56.1 Å². The van der Waals surface area contributed by atoms with Crippen LogP contribution in [0.25, 0.3) is 0 Å². The molecule has 1 N–H and O–H groups in total. The van der Waals surface area contributed by atoms with Gasteiger partial charge in [0.1, 0.15) is 6.04 Å². The summed E-state index contributed by atoms with van der Waals surface area (Å²) in [6.45, 7) is 5.07. The molecule has 1 aromatic carbocycles. The Hall–Kier alpha value is -1.86. The number of benzene rings is 1. The lowest BCUT2D eigenvalue weighted by Gasteiger charge is -2.15. The fraction of sp³-hybridized carbons (Fsp3) is 0.500. The van der Waals surface area contributed by atoms with Gasteiger partial charge in [-0.3, -0.25) is 9.69 Å². The Morgan fingerprint density at radius 2 is 2.20 bits per heavy atom. The summed E-state index contributed by atoms with van der Waals surface area (Å²) in [5, 5.41) is 11.6. The normalized spacial score (nSPS) is 16.6. The van der Waals surface area contributed by atoms with Gasteiger partial charge in [-0.2, -0.15) is 5.26 Å². The molecule has 1 aromatic rings. The van der Waals surface area contributed by atoms with E-state index in [-0.39, 0.29) is 5.91 Å². The third-order valence-corrected chi connectivity index (χ3v) is 3.66. The lowest BCUT2D eigenvalue weighted by atomic mass is 10.1. The number of rotatable bonds is 5. The van der Waals surface area contributed by atoms with Crippen molar-refractivity contribution in [2.75, 3.05) is 13.1 Å². The highest BCUT2D eigenvalue weighted by Gasteiger charge is 2.14. The van der Waals surface area contributed by atoms with E-state index in [1.165, 1.54) is 12.8 Å². The SMILES string of the molecule is CCC(C#N)NC(=O)c1cccc(CN2CCCC2)c1. The summed E-state index contributed by atoms with van der Waals surface area (Å²) in [5.74, 6) is -0.165. The minimum absolute atomic E-state index is 0.165. The van der Waals surface area contributed by atoms with Crippen molar-refractivity contribution in [3.8, 4) is 6.07 Å². The van der Waals surface area contributed by atoms with Crippen LogP contribution in [-0.2, 0) is 6.54 Å². The second kappa shape index (κ2) is 7.06. The van der Waals surface area contributed by atoms with Crippen LogP contribution in [-0.4, -0.2) is 29.9 Å². The van der Waals surface area contributed by atoms with Crippen molar-refractivity contribution >= 4 is 5.91 Å². The van der Waals surface area contributed by atoms with E-state index in [4.69, 9.17) is 5.26 Å². The fourth-order valence-corrected chi connectivity index (χ4v) is 2.48. The smallest absolute Gasteiger partial charge is 0.252 e. The molecule has 1 saturated heterocycles. The zero-order chi connectivity index (χ0) is 14.4. The molecule has 0 spiro atoms. The maximum atomic E-state index is 12.1. The third-order valence-electron chi connectivity index (χ3n) is 3.66. The second-order valence-electron chi connectivity index (χ2n) is 5.25. The molecule has 0 aromatic heterocycles. The van der Waals surface area contributed by atoms with Gasteiger partial charge in [-0.05, 0) is 50.0 Å². The van der Waals surface area contributed by atoms with Crippen molar-refractivity contribution in [3.05, 3.63) is 35.4 Å². The Bertz CT molecular complexity index is 501. The highest BCUT2D eigenvalue weighted by atomic mass is 16.1. The molecule has 1 fully saturated rings. The first-order chi connectivity index (χ1) is 9.72. The minimum atomic E-state index is -0.412. The number of likely N-dealkylation sites (tertiary alicyclic amines) is 1. The molecule has 0 radical (unpaired) electrons. The molecule has 20 heavy (non-hydrogen) atoms. The van der Waals surface area contributed by atoms with E-state index in [0.29, 0.717) is 12.0 Å². The number of nitrogens with one attached hydrogen (secondary N) is 1. The predicted octanol–water partition coefficient (Wildman–Crippen LogP) is 2.31. The Morgan fingerprint density at radius 3 is 2.85 bits per heavy atom. The Morgan fingerprint density at radius 1 is 1.45 bits per heavy atom. The monoisotopic (exact) mass is 271 g/mol. The average molecular weight is 271 g/mol. The van der Waals surface area contributed by atoms with Crippen molar-refractivity contribution in [2.45, 2.75) is 38.8 Å². The van der Waals surface area contributed by atoms with Crippen molar-refractivity contribution < 1.29 is 4.79 Å². The standard InChI is InChI=1S/C16H21N3O/c1-2-15(11-17)18-16(20)14-7-5-6-13(10-14)12-19-8-3-4-9-19/h5-7,10,15H,2-4,8-9,12H2,1H3,(H,18,20). The number of nitrogens with zero attached hydrogens (tertiary/aromatic N) is 2. The van der Waals surface area contributed by atoms with Crippen LogP contribution in [0.15, 0.2) is 24.3 Å². The van der Waals surface area contributed by atoms with Gasteiger partial charge in [0.25, 0.3) is 5.91 Å². The molecular weight excluding hydrogens is 250 g/mol. The number of amides is 1. The number of nitriles is 1. The van der Waals surface area contributed by atoms with Gasteiger partial charge in [0.05, 0.1) is 6.07 Å². The lowest BCUT2D eigenvalue weighted by molar-refractivity contribution is 0.0944. The van der Waals surface area contributed by atoms with E-state index in [2.05, 4.69) is 22.4 Å². The van der Waals surface area contributed by atoms with Crippen LogP contribution in [0, 0.1) is 11.3 Å². The molecule has 4 nitrogen and oxygen atoms in total. The van der Waals surface area contributed by atoms with E-state index >= 15 is 0 Å². The van der Waals surface area contributed by atoms with Crippen LogP contribution in [0.1, 0.15) is 42.1 Å². The van der Waals surface area contributed by atoms with Crippen LogP contribution < -0.4 is 5.32 Å². The molecule has 1 unspecified atom stereocenters. The molecule has 0 bridgehead atoms. The third kappa shape index (κ3) is 3.82. The summed E-state index contributed by atoms with van der Waals surface area (Å²) in [4.78, 5) is 14.5. The second-order valence-corrected chi connectivity index (χ2v) is 5.25.